The number of nitrogens with two attached hydrogens (primary N) is 1. The monoisotopic (exact) mass is 257 g/mol. The molecule has 1 unspecified atom stereocenters. The fraction of sp³-hybridized carbons (Fsp3) is 0.364. The molecule has 1 rings (SSSR count). The van der Waals surface area contributed by atoms with Gasteiger partial charge in [0.05, 0.1) is 19.1 Å². The zero-order chi connectivity index (χ0) is 13.0. The molecule has 0 fully saturated rings. The highest BCUT2D eigenvalue weighted by Gasteiger charge is 2.21. The van der Waals surface area contributed by atoms with E-state index in [9.17, 15) is 4.79 Å². The first-order chi connectivity index (χ1) is 8.04. The van der Waals surface area contributed by atoms with Crippen molar-refractivity contribution in [1.82, 2.24) is 0 Å². The van der Waals surface area contributed by atoms with Gasteiger partial charge in [0.2, 0.25) is 0 Å². The summed E-state index contributed by atoms with van der Waals surface area (Å²) in [6, 6.07) is 2.19. The normalized spacial score (nSPS) is 12.0. The SMILES string of the molecule is COc1cc(C(N)C(=O)O)c(OC)cc1SC. The third-order valence-corrected chi connectivity index (χ3v) is 3.10. The van der Waals surface area contributed by atoms with Crippen LogP contribution in [0, 0.1) is 0 Å². The molecular weight excluding hydrogens is 242 g/mol. The third kappa shape index (κ3) is 2.83. The van der Waals surface area contributed by atoms with Crippen LogP contribution in [0.3, 0.4) is 0 Å². The number of hydrogen-bond donors (Lipinski definition) is 2. The molecule has 0 radical (unpaired) electrons. The molecule has 1 aromatic rings. The molecule has 0 spiro atoms. The van der Waals surface area contributed by atoms with Gasteiger partial charge in [-0.05, 0) is 18.4 Å². The Hall–Kier alpha value is -1.40. The van der Waals surface area contributed by atoms with Gasteiger partial charge in [-0.2, -0.15) is 0 Å². The van der Waals surface area contributed by atoms with Crippen molar-refractivity contribution < 1.29 is 19.4 Å². The summed E-state index contributed by atoms with van der Waals surface area (Å²) >= 11 is 1.49. The van der Waals surface area contributed by atoms with Gasteiger partial charge in [-0.25, -0.2) is 0 Å². The number of hydrogen-bond acceptors (Lipinski definition) is 5. The topological polar surface area (TPSA) is 81.8 Å². The first kappa shape index (κ1) is 13.7. The number of ether oxygens (including phenoxy) is 2. The van der Waals surface area contributed by atoms with Crippen LogP contribution in [0.15, 0.2) is 17.0 Å². The number of benzene rings is 1. The van der Waals surface area contributed by atoms with Crippen LogP contribution in [0.2, 0.25) is 0 Å². The van der Waals surface area contributed by atoms with Crippen molar-refractivity contribution in [3.63, 3.8) is 0 Å². The molecule has 0 saturated heterocycles. The highest BCUT2D eigenvalue weighted by atomic mass is 32.2. The van der Waals surface area contributed by atoms with E-state index in [0.29, 0.717) is 17.1 Å². The van der Waals surface area contributed by atoms with Crippen molar-refractivity contribution in [2.24, 2.45) is 5.73 Å². The Morgan fingerprint density at radius 2 is 1.94 bits per heavy atom. The van der Waals surface area contributed by atoms with Gasteiger partial charge >= 0.3 is 5.97 Å². The average molecular weight is 257 g/mol. The number of methoxy groups -OCH3 is 2. The summed E-state index contributed by atoms with van der Waals surface area (Å²) in [7, 11) is 3.00. The molecule has 94 valence electrons. The maximum absolute atomic E-state index is 10.9. The van der Waals surface area contributed by atoms with E-state index in [1.54, 1.807) is 12.1 Å². The van der Waals surface area contributed by atoms with E-state index in [1.807, 2.05) is 6.26 Å². The molecule has 5 nitrogen and oxygen atoms in total. The van der Waals surface area contributed by atoms with Crippen molar-refractivity contribution in [2.45, 2.75) is 10.9 Å². The predicted molar refractivity (Wildman–Crippen MR) is 65.9 cm³/mol. The molecule has 3 N–H and O–H groups in total. The number of carbonyl (C=O) groups is 1. The fourth-order valence-electron chi connectivity index (χ4n) is 1.43. The van der Waals surface area contributed by atoms with Crippen LogP contribution in [0.25, 0.3) is 0 Å². The van der Waals surface area contributed by atoms with E-state index in [2.05, 4.69) is 0 Å². The summed E-state index contributed by atoms with van der Waals surface area (Å²) in [5, 5.41) is 8.92. The number of aliphatic carboxylic acids is 1. The van der Waals surface area contributed by atoms with Crippen molar-refractivity contribution in [1.29, 1.82) is 0 Å². The van der Waals surface area contributed by atoms with E-state index in [1.165, 1.54) is 26.0 Å². The van der Waals surface area contributed by atoms with Gasteiger partial charge in [0, 0.05) is 5.56 Å². The third-order valence-electron chi connectivity index (χ3n) is 2.34. The first-order valence-corrected chi connectivity index (χ1v) is 6.05. The summed E-state index contributed by atoms with van der Waals surface area (Å²) in [6.45, 7) is 0. The van der Waals surface area contributed by atoms with Gasteiger partial charge < -0.3 is 20.3 Å². The number of carboxylic acids is 1. The summed E-state index contributed by atoms with van der Waals surface area (Å²) in [5.74, 6) is -0.0719. The first-order valence-electron chi connectivity index (χ1n) is 4.83. The van der Waals surface area contributed by atoms with Gasteiger partial charge in [0.15, 0.2) is 0 Å². The summed E-state index contributed by atoms with van der Waals surface area (Å²) in [6.07, 6.45) is 1.90. The molecule has 0 aliphatic rings. The molecule has 6 heteroatoms. The molecule has 0 aliphatic carbocycles. The lowest BCUT2D eigenvalue weighted by Crippen LogP contribution is -2.21. The van der Waals surface area contributed by atoms with Gasteiger partial charge in [0.25, 0.3) is 0 Å². The summed E-state index contributed by atoms with van der Waals surface area (Å²) < 4.78 is 10.3. The van der Waals surface area contributed by atoms with E-state index in [-0.39, 0.29) is 0 Å². The molecule has 0 amide bonds. The molecule has 0 bridgehead atoms. The van der Waals surface area contributed by atoms with Gasteiger partial charge in [-0.1, -0.05) is 0 Å². The fourth-order valence-corrected chi connectivity index (χ4v) is 2.00. The van der Waals surface area contributed by atoms with Crippen molar-refractivity contribution in [2.75, 3.05) is 20.5 Å². The molecule has 0 heterocycles. The van der Waals surface area contributed by atoms with Crippen molar-refractivity contribution in [3.8, 4) is 11.5 Å². The molecule has 1 atom stereocenters. The lowest BCUT2D eigenvalue weighted by molar-refractivity contribution is -0.138. The largest absolute Gasteiger partial charge is 0.496 e. The minimum atomic E-state index is -1.13. The highest BCUT2D eigenvalue weighted by molar-refractivity contribution is 7.98. The van der Waals surface area contributed by atoms with Crippen LogP contribution in [-0.4, -0.2) is 31.6 Å². The van der Waals surface area contributed by atoms with E-state index >= 15 is 0 Å². The second-order valence-corrected chi connectivity index (χ2v) is 4.11. The van der Waals surface area contributed by atoms with Crippen LogP contribution in [0.1, 0.15) is 11.6 Å². The second kappa shape index (κ2) is 5.79. The van der Waals surface area contributed by atoms with Crippen LogP contribution in [-0.2, 0) is 4.79 Å². The second-order valence-electron chi connectivity index (χ2n) is 3.27. The molecule has 0 saturated carbocycles. The quantitative estimate of drug-likeness (QED) is 0.778. The maximum Gasteiger partial charge on any atom is 0.325 e. The Balaban J connectivity index is 3.33. The Morgan fingerprint density at radius 1 is 1.35 bits per heavy atom. The molecule has 17 heavy (non-hydrogen) atoms. The van der Waals surface area contributed by atoms with Gasteiger partial charge in [-0.15, -0.1) is 11.8 Å². The maximum atomic E-state index is 10.9. The standard InChI is InChI=1S/C11H15NO4S/c1-15-7-5-9(17-3)8(16-2)4-6(7)10(12)11(13)14/h4-5,10H,12H2,1-3H3,(H,13,14). The van der Waals surface area contributed by atoms with Crippen LogP contribution >= 0.6 is 11.8 Å². The van der Waals surface area contributed by atoms with E-state index < -0.39 is 12.0 Å². The minimum absolute atomic E-state index is 0.398. The molecule has 1 aromatic carbocycles. The van der Waals surface area contributed by atoms with Crippen molar-refractivity contribution in [3.05, 3.63) is 17.7 Å². The van der Waals surface area contributed by atoms with Gasteiger partial charge in [0.1, 0.15) is 17.5 Å². The number of carboxylic acid groups (broad SMARTS) is 1. The van der Waals surface area contributed by atoms with Crippen LogP contribution < -0.4 is 15.2 Å². The molecule has 0 aliphatic heterocycles. The molecule has 0 aromatic heterocycles. The summed E-state index contributed by atoms with van der Waals surface area (Å²) in [4.78, 5) is 11.8. The summed E-state index contributed by atoms with van der Waals surface area (Å²) in [5.41, 5.74) is 5.99. The van der Waals surface area contributed by atoms with Crippen molar-refractivity contribution >= 4 is 17.7 Å². The Labute approximate surface area is 104 Å². The lowest BCUT2D eigenvalue weighted by atomic mass is 10.1. The zero-order valence-electron chi connectivity index (χ0n) is 9.89. The number of thioether (sulfide) groups is 1. The average Bonchev–Trinajstić information content (AvgIpc) is 2.35. The van der Waals surface area contributed by atoms with E-state index in [0.717, 1.165) is 4.90 Å². The van der Waals surface area contributed by atoms with Crippen LogP contribution in [0.4, 0.5) is 0 Å². The predicted octanol–water partition coefficient (Wildman–Crippen LogP) is 1.51. The number of rotatable bonds is 5. The van der Waals surface area contributed by atoms with E-state index in [4.69, 9.17) is 20.3 Å². The zero-order valence-corrected chi connectivity index (χ0v) is 10.7. The Bertz CT molecular complexity index is 422. The Kier molecular flexibility index (Phi) is 4.65. The molecular formula is C11H15NO4S. The highest BCUT2D eigenvalue weighted by Crippen LogP contribution is 2.36. The van der Waals surface area contributed by atoms with Crippen LogP contribution in [0.5, 0.6) is 11.5 Å². The van der Waals surface area contributed by atoms with Gasteiger partial charge in [-0.3, -0.25) is 4.79 Å². The Morgan fingerprint density at radius 3 is 2.35 bits per heavy atom. The minimum Gasteiger partial charge on any atom is -0.496 e. The lowest BCUT2D eigenvalue weighted by Gasteiger charge is -2.16. The smallest absolute Gasteiger partial charge is 0.325 e.